The number of carboxylic acids is 1. The second kappa shape index (κ2) is 13.0. The van der Waals surface area contributed by atoms with E-state index in [9.17, 15) is 32.3 Å². The van der Waals surface area contributed by atoms with Crippen molar-refractivity contribution in [2.75, 3.05) is 42.6 Å². The third-order valence-corrected chi connectivity index (χ3v) is 12.9. The van der Waals surface area contributed by atoms with Crippen LogP contribution in [0.5, 0.6) is 5.88 Å². The minimum Gasteiger partial charge on any atom is -0.479 e. The molecule has 10 rings (SSSR count). The highest BCUT2D eigenvalue weighted by Gasteiger charge is 2.62. The molecule has 3 aromatic rings. The number of ether oxygens (including phenoxy) is 2. The number of fused-ring (bicyclic) bond motifs is 2. The van der Waals surface area contributed by atoms with Gasteiger partial charge >= 0.3 is 12.1 Å². The first-order valence-corrected chi connectivity index (χ1v) is 18.7. The molecule has 2 N–H and O–H groups in total. The second-order valence-corrected chi connectivity index (χ2v) is 15.9. The molecule has 6 heterocycles. The number of carboxylic acid groups (broad SMARTS) is 1. The molecule has 6 fully saturated rings. The number of piperidine rings is 1. The average molecular weight is 753 g/mol. The molecule has 0 radical (unpaired) electrons. The van der Waals surface area contributed by atoms with Crippen LogP contribution in [0.2, 0.25) is 0 Å². The van der Waals surface area contributed by atoms with Crippen molar-refractivity contribution < 1.29 is 41.7 Å². The highest BCUT2D eigenvalue weighted by atomic mass is 19.4. The molecule has 54 heavy (non-hydrogen) atoms. The summed E-state index contributed by atoms with van der Waals surface area (Å²) in [5.74, 6) is -2.16. The predicted octanol–water partition coefficient (Wildman–Crippen LogP) is 5.08. The van der Waals surface area contributed by atoms with Crippen LogP contribution in [0, 0.1) is 29.5 Å². The van der Waals surface area contributed by atoms with E-state index in [-0.39, 0.29) is 30.4 Å². The summed E-state index contributed by atoms with van der Waals surface area (Å²) in [6.45, 7) is 2.38. The topological polar surface area (TPSA) is 156 Å². The Morgan fingerprint density at radius 3 is 2.19 bits per heavy atom. The highest BCUT2D eigenvalue weighted by Crippen LogP contribution is 2.58. The molecule has 13 nitrogen and oxygen atoms in total. The van der Waals surface area contributed by atoms with Crippen molar-refractivity contribution >= 4 is 29.5 Å². The zero-order valence-electron chi connectivity index (χ0n) is 29.4. The number of carbonyl (C=O) groups excluding carboxylic acids is 1. The molecule has 4 saturated carbocycles. The standard InChI is InChI=1S/C37H40F4N8O5/c38-24-15-43-33(44-16-24)48-5-1-25(2-6-48)54-29-14-27-28(18-42-29)49(19-35(27)3-7-53-8-4-35)34-45-17-26(30(46-34)37(39,40)41)31(50)47-36(32(51)52)22-10-20-9-21(12-22)13-23(36)11-20/h14-18,20-23,25H,1-13,19H2,(H,47,50)(H,51,52). The number of pyridine rings is 1. The highest BCUT2D eigenvalue weighted by molar-refractivity contribution is 5.99. The van der Waals surface area contributed by atoms with Gasteiger partial charge in [0, 0.05) is 63.4 Å². The van der Waals surface area contributed by atoms with Crippen LogP contribution in [0.1, 0.15) is 79.4 Å². The van der Waals surface area contributed by atoms with Crippen molar-refractivity contribution in [1.29, 1.82) is 0 Å². The molecule has 4 bridgehead atoms. The molecule has 1 spiro atoms. The summed E-state index contributed by atoms with van der Waals surface area (Å²) in [4.78, 5) is 51.2. The number of halogens is 4. The lowest BCUT2D eigenvalue weighted by Crippen LogP contribution is -2.70. The Morgan fingerprint density at radius 1 is 0.907 bits per heavy atom. The van der Waals surface area contributed by atoms with Gasteiger partial charge in [0.05, 0.1) is 29.8 Å². The molecule has 2 saturated heterocycles. The van der Waals surface area contributed by atoms with Crippen molar-refractivity contribution in [3.63, 3.8) is 0 Å². The summed E-state index contributed by atoms with van der Waals surface area (Å²) < 4.78 is 69.6. The Bertz CT molecular complexity index is 1920. The van der Waals surface area contributed by atoms with Crippen molar-refractivity contribution in [3.05, 3.63) is 53.5 Å². The number of hydrogen-bond acceptors (Lipinski definition) is 11. The number of amides is 1. The lowest BCUT2D eigenvalue weighted by molar-refractivity contribution is -0.163. The smallest absolute Gasteiger partial charge is 0.434 e. The number of rotatable bonds is 7. The van der Waals surface area contributed by atoms with E-state index in [4.69, 9.17) is 9.47 Å². The van der Waals surface area contributed by atoms with Gasteiger partial charge < -0.3 is 29.7 Å². The molecule has 4 aliphatic carbocycles. The summed E-state index contributed by atoms with van der Waals surface area (Å²) in [6.07, 6.45) is 5.59. The van der Waals surface area contributed by atoms with Crippen molar-refractivity contribution in [2.24, 2.45) is 23.7 Å². The SMILES string of the molecule is O=C(NC1(C(=O)O)C2CC3CC(C2)CC1C3)c1cnc(N2CC3(CCOCC3)c3cc(OC4CCN(c5ncc(F)cn5)CC4)ncc32)nc1C(F)(F)F. The number of hydrogen-bond donors (Lipinski definition) is 2. The van der Waals surface area contributed by atoms with Gasteiger partial charge in [0.25, 0.3) is 5.91 Å². The molecule has 3 aliphatic heterocycles. The van der Waals surface area contributed by atoms with Gasteiger partial charge in [-0.2, -0.15) is 13.2 Å². The van der Waals surface area contributed by atoms with Gasteiger partial charge in [-0.1, -0.05) is 0 Å². The zero-order chi connectivity index (χ0) is 37.4. The van der Waals surface area contributed by atoms with Gasteiger partial charge in [0.1, 0.15) is 11.6 Å². The van der Waals surface area contributed by atoms with Gasteiger partial charge in [0.15, 0.2) is 11.5 Å². The number of anilines is 3. The van der Waals surface area contributed by atoms with Crippen LogP contribution in [0.3, 0.4) is 0 Å². The van der Waals surface area contributed by atoms with E-state index in [1.54, 1.807) is 11.1 Å². The lowest BCUT2D eigenvalue weighted by Gasteiger charge is -2.59. The van der Waals surface area contributed by atoms with Gasteiger partial charge in [-0.05, 0) is 74.2 Å². The maximum absolute atomic E-state index is 14.8. The van der Waals surface area contributed by atoms with Crippen LogP contribution in [0.25, 0.3) is 0 Å². The first-order chi connectivity index (χ1) is 25.9. The first kappa shape index (κ1) is 35.1. The number of nitrogens with zero attached hydrogens (tertiary/aromatic N) is 7. The van der Waals surface area contributed by atoms with Crippen LogP contribution in [-0.2, 0) is 21.1 Å². The summed E-state index contributed by atoms with van der Waals surface area (Å²) in [5.41, 5.74) is -2.97. The normalized spacial score (nSPS) is 28.7. The molecule has 0 aromatic carbocycles. The summed E-state index contributed by atoms with van der Waals surface area (Å²) in [6, 6.07) is 1.85. The van der Waals surface area contributed by atoms with Crippen LogP contribution < -0.4 is 19.9 Å². The van der Waals surface area contributed by atoms with Crippen LogP contribution >= 0.6 is 0 Å². The Hall–Kier alpha value is -4.67. The number of carbonyl (C=O) groups is 2. The molecule has 286 valence electrons. The minimum absolute atomic E-state index is 0.161. The summed E-state index contributed by atoms with van der Waals surface area (Å²) in [5, 5.41) is 13.1. The Labute approximate surface area is 307 Å². The van der Waals surface area contributed by atoms with Gasteiger partial charge in [-0.25, -0.2) is 34.1 Å². The number of aromatic nitrogens is 5. The Kier molecular flexibility index (Phi) is 8.43. The van der Waals surface area contributed by atoms with Gasteiger partial charge in [0.2, 0.25) is 17.8 Å². The maximum Gasteiger partial charge on any atom is 0.434 e. The monoisotopic (exact) mass is 752 g/mol. The summed E-state index contributed by atoms with van der Waals surface area (Å²) >= 11 is 0. The van der Waals surface area contributed by atoms with Crippen molar-refractivity contribution in [3.8, 4) is 5.88 Å². The molecule has 3 aromatic heterocycles. The number of alkyl halides is 3. The van der Waals surface area contributed by atoms with E-state index in [2.05, 4.69) is 30.2 Å². The molecule has 0 atom stereocenters. The van der Waals surface area contributed by atoms with E-state index in [1.807, 2.05) is 11.0 Å². The van der Waals surface area contributed by atoms with E-state index in [0.717, 1.165) is 30.6 Å². The zero-order valence-corrected chi connectivity index (χ0v) is 29.4. The van der Waals surface area contributed by atoms with Gasteiger partial charge in [-0.15, -0.1) is 0 Å². The molecule has 0 unspecified atom stereocenters. The van der Waals surface area contributed by atoms with Crippen molar-refractivity contribution in [2.45, 2.75) is 81.0 Å². The first-order valence-electron chi connectivity index (χ1n) is 18.7. The predicted molar refractivity (Wildman–Crippen MR) is 183 cm³/mol. The molecule has 1 amide bonds. The third kappa shape index (κ3) is 5.89. The second-order valence-electron chi connectivity index (χ2n) is 15.9. The van der Waals surface area contributed by atoms with Crippen LogP contribution in [-0.4, -0.2) is 86.4 Å². The van der Waals surface area contributed by atoms with Crippen LogP contribution in [0.4, 0.5) is 35.1 Å². The fourth-order valence-corrected chi connectivity index (χ4v) is 10.5. The molecule has 7 aliphatic rings. The minimum atomic E-state index is -5.03. The maximum atomic E-state index is 14.8. The fourth-order valence-electron chi connectivity index (χ4n) is 10.5. The quantitative estimate of drug-likeness (QED) is 0.310. The number of aliphatic carboxylic acids is 1. The van der Waals surface area contributed by atoms with E-state index in [1.165, 1.54) is 0 Å². The summed E-state index contributed by atoms with van der Waals surface area (Å²) in [7, 11) is 0. The average Bonchev–Trinajstić information content (AvgIpc) is 3.45. The molecular formula is C37H40F4N8O5. The van der Waals surface area contributed by atoms with Gasteiger partial charge in [-0.3, -0.25) is 4.79 Å². The number of nitrogens with one attached hydrogen (secondary N) is 1. The van der Waals surface area contributed by atoms with E-state index in [0.29, 0.717) is 107 Å². The fraction of sp³-hybridized carbons (Fsp3) is 0.595. The Morgan fingerprint density at radius 2 is 1.56 bits per heavy atom. The third-order valence-electron chi connectivity index (χ3n) is 12.9. The van der Waals surface area contributed by atoms with E-state index >= 15 is 0 Å². The van der Waals surface area contributed by atoms with Crippen molar-refractivity contribution in [1.82, 2.24) is 30.2 Å². The Balaban J connectivity index is 0.980. The van der Waals surface area contributed by atoms with Crippen LogP contribution in [0.15, 0.2) is 30.9 Å². The molecule has 17 heteroatoms. The lowest BCUT2D eigenvalue weighted by atomic mass is 9.48. The largest absolute Gasteiger partial charge is 0.479 e. The van der Waals surface area contributed by atoms with E-state index < -0.39 is 46.1 Å². The molecular weight excluding hydrogens is 712 g/mol.